The number of nitrogens with one attached hydrogen (secondary N) is 1. The topological polar surface area (TPSA) is 52.6 Å². The van der Waals surface area contributed by atoms with Gasteiger partial charge in [0.2, 0.25) is 0 Å². The second-order valence-electron chi connectivity index (χ2n) is 3.09. The lowest BCUT2D eigenvalue weighted by molar-refractivity contribution is 0.0803. The van der Waals surface area contributed by atoms with Gasteiger partial charge in [-0.3, -0.25) is 10.2 Å². The molecule has 15 heavy (non-hydrogen) atoms. The minimum absolute atomic E-state index is 0.00258. The number of benzene rings is 1. The van der Waals surface area contributed by atoms with E-state index in [1.807, 2.05) is 0 Å². The van der Waals surface area contributed by atoms with Crippen LogP contribution in [0.3, 0.4) is 0 Å². The van der Waals surface area contributed by atoms with Gasteiger partial charge < -0.3 is 5.11 Å². The monoisotopic (exact) mass is 228 g/mol. The van der Waals surface area contributed by atoms with Gasteiger partial charge in [-0.15, -0.1) is 0 Å². The van der Waals surface area contributed by atoms with E-state index >= 15 is 0 Å². The summed E-state index contributed by atoms with van der Waals surface area (Å²) in [6.45, 7) is 0.386. The lowest BCUT2D eigenvalue weighted by atomic mass is 10.2. The Morgan fingerprint density at radius 2 is 2.07 bits per heavy atom. The minimum atomic E-state index is -0.220. The summed E-state index contributed by atoms with van der Waals surface area (Å²) < 4.78 is 0. The van der Waals surface area contributed by atoms with Crippen LogP contribution in [0, 0.1) is 0 Å². The SMILES string of the molecule is CN(CCO)NC(=O)c1ccc(Cl)cc1. The van der Waals surface area contributed by atoms with Gasteiger partial charge in [-0.1, -0.05) is 11.6 Å². The molecule has 0 aliphatic rings. The first-order valence-corrected chi connectivity index (χ1v) is 4.90. The fraction of sp³-hybridized carbons (Fsp3) is 0.300. The number of hydrogen-bond donors (Lipinski definition) is 2. The fourth-order valence-corrected chi connectivity index (χ4v) is 1.17. The van der Waals surface area contributed by atoms with E-state index in [-0.39, 0.29) is 12.5 Å². The van der Waals surface area contributed by atoms with E-state index in [0.717, 1.165) is 0 Å². The molecule has 0 heterocycles. The van der Waals surface area contributed by atoms with Crippen LogP contribution in [-0.2, 0) is 0 Å². The van der Waals surface area contributed by atoms with Gasteiger partial charge in [-0.2, -0.15) is 0 Å². The van der Waals surface area contributed by atoms with Gasteiger partial charge in [0.05, 0.1) is 6.61 Å². The molecule has 5 heteroatoms. The molecule has 4 nitrogen and oxygen atoms in total. The average Bonchev–Trinajstić information content (AvgIpc) is 2.18. The number of halogens is 1. The maximum atomic E-state index is 11.6. The summed E-state index contributed by atoms with van der Waals surface area (Å²) >= 11 is 5.70. The first kappa shape index (κ1) is 12.0. The van der Waals surface area contributed by atoms with E-state index in [9.17, 15) is 4.79 Å². The zero-order chi connectivity index (χ0) is 11.3. The molecule has 0 bridgehead atoms. The molecule has 2 N–H and O–H groups in total. The molecule has 0 atom stereocenters. The molecule has 0 aliphatic carbocycles. The standard InChI is InChI=1S/C10H13ClN2O2/c1-13(6-7-14)12-10(15)8-2-4-9(11)5-3-8/h2-5,14H,6-7H2,1H3,(H,12,15). The van der Waals surface area contributed by atoms with Crippen LogP contribution in [-0.4, -0.2) is 36.2 Å². The highest BCUT2D eigenvalue weighted by Crippen LogP contribution is 2.09. The number of hydrogen-bond acceptors (Lipinski definition) is 3. The summed E-state index contributed by atoms with van der Waals surface area (Å²) in [6, 6.07) is 6.60. The van der Waals surface area contributed by atoms with Crippen molar-refractivity contribution in [2.75, 3.05) is 20.2 Å². The number of carbonyl (C=O) groups excluding carboxylic acids is 1. The maximum Gasteiger partial charge on any atom is 0.265 e. The summed E-state index contributed by atoms with van der Waals surface area (Å²) in [4.78, 5) is 11.6. The van der Waals surface area contributed by atoms with Gasteiger partial charge in [0.25, 0.3) is 5.91 Å². The smallest absolute Gasteiger partial charge is 0.265 e. The van der Waals surface area contributed by atoms with Crippen LogP contribution in [0.15, 0.2) is 24.3 Å². The van der Waals surface area contributed by atoms with Crippen LogP contribution in [0.4, 0.5) is 0 Å². The Hall–Kier alpha value is -1.10. The van der Waals surface area contributed by atoms with Crippen LogP contribution in [0.5, 0.6) is 0 Å². The maximum absolute atomic E-state index is 11.6. The Labute approximate surface area is 93.4 Å². The Kier molecular flexibility index (Phi) is 4.55. The first-order chi connectivity index (χ1) is 7.13. The summed E-state index contributed by atoms with van der Waals surface area (Å²) in [5.41, 5.74) is 3.14. The summed E-state index contributed by atoms with van der Waals surface area (Å²) in [6.07, 6.45) is 0. The third-order valence-corrected chi connectivity index (χ3v) is 2.09. The number of aliphatic hydroxyl groups is 1. The lowest BCUT2D eigenvalue weighted by Gasteiger charge is -2.16. The zero-order valence-electron chi connectivity index (χ0n) is 8.40. The van der Waals surface area contributed by atoms with Crippen molar-refractivity contribution in [2.45, 2.75) is 0 Å². The van der Waals surface area contributed by atoms with Crippen LogP contribution >= 0.6 is 11.6 Å². The van der Waals surface area contributed by atoms with Crippen molar-refractivity contribution < 1.29 is 9.90 Å². The van der Waals surface area contributed by atoms with Crippen LogP contribution in [0.2, 0.25) is 5.02 Å². The number of carbonyl (C=O) groups is 1. The third kappa shape index (κ3) is 3.87. The summed E-state index contributed by atoms with van der Waals surface area (Å²) in [7, 11) is 1.68. The minimum Gasteiger partial charge on any atom is -0.395 e. The van der Waals surface area contributed by atoms with Gasteiger partial charge in [-0.25, -0.2) is 5.01 Å². The molecule has 0 saturated heterocycles. The fourth-order valence-electron chi connectivity index (χ4n) is 1.05. The molecule has 1 aromatic carbocycles. The number of hydrazine groups is 1. The number of nitrogens with zero attached hydrogens (tertiary/aromatic N) is 1. The van der Waals surface area contributed by atoms with Crippen molar-refractivity contribution in [3.63, 3.8) is 0 Å². The van der Waals surface area contributed by atoms with E-state index in [4.69, 9.17) is 16.7 Å². The molecule has 0 unspecified atom stereocenters. The molecule has 0 saturated carbocycles. The van der Waals surface area contributed by atoms with Crippen LogP contribution < -0.4 is 5.43 Å². The Balaban J connectivity index is 2.57. The highest BCUT2D eigenvalue weighted by atomic mass is 35.5. The molecule has 1 rings (SSSR count). The van der Waals surface area contributed by atoms with Gasteiger partial charge in [0.15, 0.2) is 0 Å². The van der Waals surface area contributed by atoms with Crippen molar-refractivity contribution in [1.29, 1.82) is 0 Å². The quantitative estimate of drug-likeness (QED) is 0.754. The van der Waals surface area contributed by atoms with Crippen LogP contribution in [0.1, 0.15) is 10.4 Å². The Bertz CT molecular complexity index is 327. The molecular formula is C10H13ClN2O2. The molecule has 0 radical (unpaired) electrons. The molecule has 0 aliphatic heterocycles. The second-order valence-corrected chi connectivity index (χ2v) is 3.53. The van der Waals surface area contributed by atoms with E-state index < -0.39 is 0 Å². The zero-order valence-corrected chi connectivity index (χ0v) is 9.16. The van der Waals surface area contributed by atoms with E-state index in [1.54, 1.807) is 31.3 Å². The van der Waals surface area contributed by atoms with E-state index in [1.165, 1.54) is 5.01 Å². The van der Waals surface area contributed by atoms with Crippen molar-refractivity contribution in [3.05, 3.63) is 34.9 Å². The predicted molar refractivity (Wildman–Crippen MR) is 58.6 cm³/mol. The van der Waals surface area contributed by atoms with Gasteiger partial charge in [-0.05, 0) is 24.3 Å². The third-order valence-electron chi connectivity index (χ3n) is 1.83. The van der Waals surface area contributed by atoms with Crippen molar-refractivity contribution >= 4 is 17.5 Å². The van der Waals surface area contributed by atoms with Gasteiger partial charge >= 0.3 is 0 Å². The first-order valence-electron chi connectivity index (χ1n) is 4.52. The highest BCUT2D eigenvalue weighted by molar-refractivity contribution is 6.30. The van der Waals surface area contributed by atoms with E-state index in [2.05, 4.69) is 5.43 Å². The molecule has 0 spiro atoms. The predicted octanol–water partition coefficient (Wildman–Crippen LogP) is 0.909. The average molecular weight is 229 g/mol. The number of aliphatic hydroxyl groups excluding tert-OH is 1. The molecule has 82 valence electrons. The van der Waals surface area contributed by atoms with Crippen molar-refractivity contribution in [1.82, 2.24) is 10.4 Å². The molecule has 1 aromatic rings. The Morgan fingerprint density at radius 3 is 2.60 bits per heavy atom. The summed E-state index contributed by atoms with van der Waals surface area (Å²) in [5, 5.41) is 10.8. The lowest BCUT2D eigenvalue weighted by Crippen LogP contribution is -2.40. The molecule has 0 fully saturated rings. The van der Waals surface area contributed by atoms with Crippen molar-refractivity contribution in [3.8, 4) is 0 Å². The second kappa shape index (κ2) is 5.70. The normalized spacial score (nSPS) is 10.4. The summed E-state index contributed by atoms with van der Waals surface area (Å²) in [5.74, 6) is -0.220. The van der Waals surface area contributed by atoms with E-state index in [0.29, 0.717) is 17.1 Å². The number of rotatable bonds is 4. The highest BCUT2D eigenvalue weighted by Gasteiger charge is 2.06. The molecule has 1 amide bonds. The Morgan fingerprint density at radius 1 is 1.47 bits per heavy atom. The van der Waals surface area contributed by atoms with Gasteiger partial charge in [0, 0.05) is 24.2 Å². The van der Waals surface area contributed by atoms with Gasteiger partial charge in [0.1, 0.15) is 0 Å². The number of amides is 1. The van der Waals surface area contributed by atoms with Crippen molar-refractivity contribution in [2.24, 2.45) is 0 Å². The molecular weight excluding hydrogens is 216 g/mol. The molecule has 0 aromatic heterocycles. The van der Waals surface area contributed by atoms with Crippen LogP contribution in [0.25, 0.3) is 0 Å². The largest absolute Gasteiger partial charge is 0.395 e. The number of likely N-dealkylation sites (N-methyl/N-ethyl adjacent to an activating group) is 1.